The van der Waals surface area contributed by atoms with E-state index in [1.807, 2.05) is 6.07 Å². The molecule has 152 valence electrons. The summed E-state index contributed by atoms with van der Waals surface area (Å²) >= 11 is 0. The second kappa shape index (κ2) is 9.88. The van der Waals surface area contributed by atoms with E-state index in [2.05, 4.69) is 10.5 Å². The molecule has 1 amide bonds. The second-order valence-corrected chi connectivity index (χ2v) is 6.09. The summed E-state index contributed by atoms with van der Waals surface area (Å²) in [4.78, 5) is 24.3. The molecule has 30 heavy (non-hydrogen) atoms. The minimum absolute atomic E-state index is 0.267. The lowest BCUT2D eigenvalue weighted by Gasteiger charge is -2.10. The first-order valence-electron chi connectivity index (χ1n) is 9.03. The van der Waals surface area contributed by atoms with Crippen LogP contribution in [0.5, 0.6) is 17.2 Å². The Morgan fingerprint density at radius 2 is 1.57 bits per heavy atom. The van der Waals surface area contributed by atoms with Gasteiger partial charge in [-0.05, 0) is 60.2 Å². The standard InChI is InChI=1S/C23H20N2O5/c1-28-19-11-9-18(10-12-19)23(27)30-20-13-8-16(14-21(20)29-2)15-24-25-22(26)17-6-4-3-5-7-17/h3-15H,1-2H3,(H,25,26)/b24-15-. The molecule has 3 rings (SSSR count). The molecule has 0 saturated carbocycles. The Morgan fingerprint density at radius 1 is 0.833 bits per heavy atom. The molecule has 0 radical (unpaired) electrons. The molecule has 0 atom stereocenters. The molecule has 1 N–H and O–H groups in total. The van der Waals surface area contributed by atoms with E-state index < -0.39 is 5.97 Å². The molecule has 0 spiro atoms. The largest absolute Gasteiger partial charge is 0.497 e. The van der Waals surface area contributed by atoms with Crippen molar-refractivity contribution in [3.05, 3.63) is 89.5 Å². The Morgan fingerprint density at radius 3 is 2.23 bits per heavy atom. The van der Waals surface area contributed by atoms with E-state index in [4.69, 9.17) is 14.2 Å². The molecule has 0 bridgehead atoms. The van der Waals surface area contributed by atoms with Gasteiger partial charge in [-0.3, -0.25) is 4.79 Å². The molecule has 0 fully saturated rings. The van der Waals surface area contributed by atoms with Gasteiger partial charge in [0.2, 0.25) is 0 Å². The molecule has 7 nitrogen and oxygen atoms in total. The number of hydrazone groups is 1. The third-order valence-corrected chi connectivity index (χ3v) is 4.13. The Balaban J connectivity index is 1.66. The van der Waals surface area contributed by atoms with Crippen LogP contribution in [0.2, 0.25) is 0 Å². The van der Waals surface area contributed by atoms with E-state index in [-0.39, 0.29) is 11.7 Å². The molecular formula is C23H20N2O5. The van der Waals surface area contributed by atoms with E-state index in [1.54, 1.807) is 73.8 Å². The number of carbonyl (C=O) groups is 2. The maximum absolute atomic E-state index is 12.4. The summed E-state index contributed by atoms with van der Waals surface area (Å²) in [6.45, 7) is 0. The summed E-state index contributed by atoms with van der Waals surface area (Å²) in [5.74, 6) is 0.433. The molecule has 0 unspecified atom stereocenters. The zero-order chi connectivity index (χ0) is 21.3. The van der Waals surface area contributed by atoms with Crippen LogP contribution < -0.4 is 19.6 Å². The van der Waals surface area contributed by atoms with Crippen molar-refractivity contribution in [3.8, 4) is 17.2 Å². The average molecular weight is 404 g/mol. The Labute approximate surface area is 173 Å². The highest BCUT2D eigenvalue weighted by Crippen LogP contribution is 2.28. The van der Waals surface area contributed by atoms with Gasteiger partial charge in [0.1, 0.15) is 5.75 Å². The van der Waals surface area contributed by atoms with Crippen LogP contribution in [0.25, 0.3) is 0 Å². The van der Waals surface area contributed by atoms with Crippen LogP contribution in [0.15, 0.2) is 77.9 Å². The molecule has 3 aromatic rings. The molecule has 0 saturated heterocycles. The number of nitrogens with one attached hydrogen (secondary N) is 1. The fraction of sp³-hybridized carbons (Fsp3) is 0.0870. The van der Waals surface area contributed by atoms with Gasteiger partial charge in [-0.25, -0.2) is 10.2 Å². The van der Waals surface area contributed by atoms with Crippen LogP contribution >= 0.6 is 0 Å². The van der Waals surface area contributed by atoms with Gasteiger partial charge in [-0.2, -0.15) is 5.10 Å². The van der Waals surface area contributed by atoms with Gasteiger partial charge in [-0.1, -0.05) is 18.2 Å². The van der Waals surface area contributed by atoms with Gasteiger partial charge in [0.25, 0.3) is 5.91 Å². The van der Waals surface area contributed by atoms with Crippen molar-refractivity contribution in [2.75, 3.05) is 14.2 Å². The molecule has 7 heteroatoms. The predicted octanol–water partition coefficient (Wildman–Crippen LogP) is 3.69. The van der Waals surface area contributed by atoms with Gasteiger partial charge >= 0.3 is 5.97 Å². The van der Waals surface area contributed by atoms with Crippen molar-refractivity contribution in [1.29, 1.82) is 0 Å². The number of nitrogens with zero attached hydrogens (tertiary/aromatic N) is 1. The predicted molar refractivity (Wildman–Crippen MR) is 112 cm³/mol. The van der Waals surface area contributed by atoms with E-state index >= 15 is 0 Å². The minimum atomic E-state index is -0.521. The van der Waals surface area contributed by atoms with Crippen LogP contribution in [0, 0.1) is 0 Å². The van der Waals surface area contributed by atoms with Crippen molar-refractivity contribution in [3.63, 3.8) is 0 Å². The zero-order valence-electron chi connectivity index (χ0n) is 16.5. The van der Waals surface area contributed by atoms with Crippen molar-refractivity contribution >= 4 is 18.1 Å². The maximum atomic E-state index is 12.4. The topological polar surface area (TPSA) is 86.2 Å². The molecule has 0 aliphatic heterocycles. The van der Waals surface area contributed by atoms with Gasteiger partial charge in [0, 0.05) is 5.56 Å². The van der Waals surface area contributed by atoms with Gasteiger partial charge in [-0.15, -0.1) is 0 Å². The molecule has 3 aromatic carbocycles. The van der Waals surface area contributed by atoms with Gasteiger partial charge in [0.15, 0.2) is 11.5 Å². The van der Waals surface area contributed by atoms with Crippen molar-refractivity contribution < 1.29 is 23.8 Å². The smallest absolute Gasteiger partial charge is 0.343 e. The normalized spacial score (nSPS) is 10.5. The fourth-order valence-electron chi connectivity index (χ4n) is 2.55. The fourth-order valence-corrected chi connectivity index (χ4v) is 2.55. The first-order valence-corrected chi connectivity index (χ1v) is 9.03. The minimum Gasteiger partial charge on any atom is -0.497 e. The maximum Gasteiger partial charge on any atom is 0.343 e. The quantitative estimate of drug-likeness (QED) is 0.281. The van der Waals surface area contributed by atoms with E-state index in [9.17, 15) is 9.59 Å². The second-order valence-electron chi connectivity index (χ2n) is 6.09. The summed E-state index contributed by atoms with van der Waals surface area (Å²) in [7, 11) is 3.02. The van der Waals surface area contributed by atoms with Crippen molar-refractivity contribution in [2.45, 2.75) is 0 Å². The molecule has 0 aromatic heterocycles. The van der Waals surface area contributed by atoms with Gasteiger partial charge in [0.05, 0.1) is 26.0 Å². The number of rotatable bonds is 7. The number of esters is 1. The average Bonchev–Trinajstić information content (AvgIpc) is 2.80. The number of hydrogen-bond acceptors (Lipinski definition) is 6. The SMILES string of the molecule is COc1ccc(C(=O)Oc2ccc(/C=N\NC(=O)c3ccccc3)cc2OC)cc1. The molecular weight excluding hydrogens is 384 g/mol. The third-order valence-electron chi connectivity index (χ3n) is 4.13. The summed E-state index contributed by atoms with van der Waals surface area (Å²) in [5, 5.41) is 3.95. The number of methoxy groups -OCH3 is 2. The summed E-state index contributed by atoms with van der Waals surface area (Å²) in [6.07, 6.45) is 1.47. The summed E-state index contributed by atoms with van der Waals surface area (Å²) < 4.78 is 15.8. The Kier molecular flexibility index (Phi) is 6.78. The number of benzene rings is 3. The van der Waals surface area contributed by atoms with Crippen molar-refractivity contribution in [2.24, 2.45) is 5.10 Å². The number of amides is 1. The lowest BCUT2D eigenvalue weighted by atomic mass is 10.2. The third kappa shape index (κ3) is 5.23. The number of carbonyl (C=O) groups excluding carboxylic acids is 2. The first kappa shape index (κ1) is 20.6. The van der Waals surface area contributed by atoms with Crippen molar-refractivity contribution in [1.82, 2.24) is 5.43 Å². The summed E-state index contributed by atoms with van der Waals surface area (Å²) in [6, 6.07) is 20.3. The number of hydrogen-bond donors (Lipinski definition) is 1. The highest BCUT2D eigenvalue weighted by atomic mass is 16.6. The highest BCUT2D eigenvalue weighted by molar-refractivity contribution is 5.95. The van der Waals surface area contributed by atoms with Crippen LogP contribution in [0.4, 0.5) is 0 Å². The van der Waals surface area contributed by atoms with E-state index in [0.717, 1.165) is 0 Å². The van der Waals surface area contributed by atoms with Crippen LogP contribution in [0.1, 0.15) is 26.3 Å². The molecule has 0 aliphatic carbocycles. The highest BCUT2D eigenvalue weighted by Gasteiger charge is 2.13. The van der Waals surface area contributed by atoms with E-state index in [0.29, 0.717) is 28.2 Å². The van der Waals surface area contributed by atoms with Crippen LogP contribution in [-0.2, 0) is 0 Å². The molecule has 0 heterocycles. The van der Waals surface area contributed by atoms with Crippen LogP contribution in [-0.4, -0.2) is 32.3 Å². The monoisotopic (exact) mass is 404 g/mol. The zero-order valence-corrected chi connectivity index (χ0v) is 16.5. The van der Waals surface area contributed by atoms with Gasteiger partial charge < -0.3 is 14.2 Å². The molecule has 0 aliphatic rings. The van der Waals surface area contributed by atoms with E-state index in [1.165, 1.54) is 13.3 Å². The Hall–Kier alpha value is -4.13. The summed E-state index contributed by atoms with van der Waals surface area (Å²) in [5.41, 5.74) is 4.00. The number of ether oxygens (including phenoxy) is 3. The lowest BCUT2D eigenvalue weighted by Crippen LogP contribution is -2.17. The van der Waals surface area contributed by atoms with Crippen LogP contribution in [0.3, 0.4) is 0 Å². The lowest BCUT2D eigenvalue weighted by molar-refractivity contribution is 0.0729. The Bertz CT molecular complexity index is 1050. The first-order chi connectivity index (χ1) is 14.6.